The van der Waals surface area contributed by atoms with Crippen molar-refractivity contribution < 1.29 is 0 Å². The van der Waals surface area contributed by atoms with Crippen LogP contribution >= 0.6 is 6.89 Å². The highest BCUT2D eigenvalue weighted by Gasteiger charge is 1.95. The van der Waals surface area contributed by atoms with Crippen molar-refractivity contribution in [2.75, 3.05) is 13.3 Å². The molecule has 0 nitrogen and oxygen atoms in total. The molecule has 0 aliphatic carbocycles. The monoisotopic (exact) mass is 126 g/mol. The van der Waals surface area contributed by atoms with Gasteiger partial charge in [-0.15, -0.1) is 0 Å². The lowest BCUT2D eigenvalue weighted by Gasteiger charge is -2.08. The summed E-state index contributed by atoms with van der Waals surface area (Å²) in [5, 5.41) is 0. The average Bonchev–Trinajstić information content (AvgIpc) is 1.65. The molecule has 44 valence electrons. The van der Waals surface area contributed by atoms with E-state index in [0.29, 0.717) is 0 Å². The van der Waals surface area contributed by atoms with Gasteiger partial charge in [0.1, 0.15) is 0 Å². The molecule has 1 heteroatoms. The minimum atomic E-state index is -0.729. The van der Waals surface area contributed by atoms with Gasteiger partial charge in [-0.25, -0.2) is 0 Å². The lowest BCUT2D eigenvalue weighted by Crippen LogP contribution is -1.77. The van der Waals surface area contributed by atoms with Gasteiger partial charge in [-0.1, -0.05) is 36.7 Å². The molecule has 0 saturated carbocycles. The molecule has 1 aliphatic rings. The number of allylic oxidation sites excluding steroid dienone is 3. The Bertz CT molecular complexity index is 179. The smallest absolute Gasteiger partial charge is 0.0416 e. The van der Waals surface area contributed by atoms with Gasteiger partial charge in [0.2, 0.25) is 0 Å². The van der Waals surface area contributed by atoms with E-state index < -0.39 is 6.89 Å². The van der Waals surface area contributed by atoms with Gasteiger partial charge in [0.05, 0.1) is 0 Å². The summed E-state index contributed by atoms with van der Waals surface area (Å²) in [6.07, 6.45) is 6.34. The first-order chi connectivity index (χ1) is 3.71. The molecule has 0 amide bonds. The minimum Gasteiger partial charge on any atom is -0.0906 e. The molecule has 0 fully saturated rings. The van der Waals surface area contributed by atoms with Gasteiger partial charge >= 0.3 is 0 Å². The first-order valence-corrected chi connectivity index (χ1v) is 5.57. The Morgan fingerprint density at radius 1 is 1.00 bits per heavy atom. The normalized spacial score (nSPS) is 22.8. The molecule has 1 rings (SSSR count). The summed E-state index contributed by atoms with van der Waals surface area (Å²) < 4.78 is 0. The summed E-state index contributed by atoms with van der Waals surface area (Å²) in [4.78, 5) is 0. The third kappa shape index (κ3) is 1.38. The number of hydrogen-bond acceptors (Lipinski definition) is 0. The molecule has 0 bridgehead atoms. The van der Waals surface area contributed by atoms with Crippen LogP contribution in [0, 0.1) is 0 Å². The van der Waals surface area contributed by atoms with E-state index >= 15 is 0 Å². The van der Waals surface area contributed by atoms with Gasteiger partial charge in [-0.2, -0.15) is 0 Å². The van der Waals surface area contributed by atoms with Crippen molar-refractivity contribution in [1.29, 1.82) is 0 Å². The quantitative estimate of drug-likeness (QED) is 0.436. The summed E-state index contributed by atoms with van der Waals surface area (Å²) in [5.41, 5.74) is 0. The largest absolute Gasteiger partial charge is 0.0906 e. The lowest BCUT2D eigenvalue weighted by atomic mass is 10.5. The maximum atomic E-state index is 2.30. The van der Waals surface area contributed by atoms with E-state index in [4.69, 9.17) is 0 Å². The van der Waals surface area contributed by atoms with E-state index in [9.17, 15) is 0 Å². The Morgan fingerprint density at radius 3 is 2.00 bits per heavy atom. The molecular formula is C7H11P. The molecule has 0 spiro atoms. The predicted molar refractivity (Wildman–Crippen MR) is 43.1 cm³/mol. The van der Waals surface area contributed by atoms with E-state index in [0.717, 1.165) is 0 Å². The molecule has 0 aromatic rings. The second-order valence-electron chi connectivity index (χ2n) is 2.50. The fourth-order valence-electron chi connectivity index (χ4n) is 0.657. The summed E-state index contributed by atoms with van der Waals surface area (Å²) in [5.74, 6) is 4.60. The third-order valence-corrected chi connectivity index (χ3v) is 3.04. The van der Waals surface area contributed by atoms with Crippen LogP contribution in [0.4, 0.5) is 0 Å². The topological polar surface area (TPSA) is 0 Å². The van der Waals surface area contributed by atoms with Crippen molar-refractivity contribution in [3.8, 4) is 0 Å². The minimum absolute atomic E-state index is 0.729. The maximum Gasteiger partial charge on any atom is -0.0416 e. The molecule has 0 radical (unpaired) electrons. The first kappa shape index (κ1) is 5.91. The van der Waals surface area contributed by atoms with Crippen LogP contribution in [0.5, 0.6) is 0 Å². The van der Waals surface area contributed by atoms with E-state index in [1.165, 1.54) is 0 Å². The molecule has 8 heavy (non-hydrogen) atoms. The number of hydrogen-bond donors (Lipinski definition) is 0. The molecule has 0 aromatic carbocycles. The zero-order valence-corrected chi connectivity index (χ0v) is 6.23. The second kappa shape index (κ2) is 1.95. The van der Waals surface area contributed by atoms with E-state index in [1.54, 1.807) is 0 Å². The van der Waals surface area contributed by atoms with Crippen LogP contribution in [0.2, 0.25) is 0 Å². The van der Waals surface area contributed by atoms with E-state index in [-0.39, 0.29) is 0 Å². The van der Waals surface area contributed by atoms with Crippen LogP contribution in [0.3, 0.4) is 0 Å². The van der Waals surface area contributed by atoms with Crippen molar-refractivity contribution in [2.45, 2.75) is 0 Å². The van der Waals surface area contributed by atoms with Gasteiger partial charge < -0.3 is 0 Å². The molecule has 0 saturated heterocycles. The van der Waals surface area contributed by atoms with Crippen LogP contribution in [0.15, 0.2) is 24.0 Å². The zero-order chi connectivity index (χ0) is 6.04. The Morgan fingerprint density at radius 2 is 1.75 bits per heavy atom. The molecule has 0 unspecified atom stereocenters. The van der Waals surface area contributed by atoms with E-state index in [1.807, 2.05) is 0 Å². The van der Waals surface area contributed by atoms with Crippen molar-refractivity contribution in [3.05, 3.63) is 24.0 Å². The fourth-order valence-corrected chi connectivity index (χ4v) is 1.84. The van der Waals surface area contributed by atoms with Crippen LogP contribution in [-0.2, 0) is 0 Å². The highest BCUT2D eigenvalue weighted by Crippen LogP contribution is 2.40. The Kier molecular flexibility index (Phi) is 1.44. The molecule has 1 aliphatic heterocycles. The van der Waals surface area contributed by atoms with Crippen molar-refractivity contribution in [3.63, 3.8) is 0 Å². The summed E-state index contributed by atoms with van der Waals surface area (Å²) in [6, 6.07) is 0. The van der Waals surface area contributed by atoms with Crippen molar-refractivity contribution in [1.82, 2.24) is 0 Å². The van der Waals surface area contributed by atoms with Gasteiger partial charge in [0, 0.05) is 0 Å². The van der Waals surface area contributed by atoms with Crippen LogP contribution in [0.1, 0.15) is 0 Å². The molecule has 0 atom stereocenters. The molecule has 1 heterocycles. The Labute approximate surface area is 50.9 Å². The fraction of sp³-hybridized carbons (Fsp3) is 0.286. The Balaban J connectivity index is 3.00. The summed E-state index contributed by atoms with van der Waals surface area (Å²) in [7, 11) is 0. The average molecular weight is 126 g/mol. The maximum absolute atomic E-state index is 2.30. The second-order valence-corrected chi connectivity index (χ2v) is 6.36. The molecule has 0 N–H and O–H groups in total. The van der Waals surface area contributed by atoms with Crippen molar-refractivity contribution >= 4 is 12.7 Å². The first-order valence-electron chi connectivity index (χ1n) is 2.74. The third-order valence-electron chi connectivity index (χ3n) is 1.16. The lowest BCUT2D eigenvalue weighted by molar-refractivity contribution is 2.00. The van der Waals surface area contributed by atoms with Gasteiger partial charge in [0.25, 0.3) is 0 Å². The van der Waals surface area contributed by atoms with Crippen LogP contribution < -0.4 is 0 Å². The zero-order valence-electron chi connectivity index (χ0n) is 5.33. The highest BCUT2D eigenvalue weighted by atomic mass is 31.2. The number of rotatable bonds is 0. The van der Waals surface area contributed by atoms with Crippen molar-refractivity contribution in [2.24, 2.45) is 0 Å². The van der Waals surface area contributed by atoms with Crippen LogP contribution in [0.25, 0.3) is 0 Å². The standard InChI is InChI=1S/C7H11P/c1-8(2)6-4-3-5-7-8/h3-7H,1-2H3. The summed E-state index contributed by atoms with van der Waals surface area (Å²) >= 11 is 0. The van der Waals surface area contributed by atoms with Gasteiger partial charge in [-0.3, -0.25) is 0 Å². The molecule has 0 aromatic heterocycles. The Hall–Kier alpha value is -0.220. The van der Waals surface area contributed by atoms with E-state index in [2.05, 4.69) is 43.2 Å². The molecular weight excluding hydrogens is 115 g/mol. The van der Waals surface area contributed by atoms with Crippen LogP contribution in [-0.4, -0.2) is 19.1 Å². The SMILES string of the molecule is CP1(C)=CC=CC=C1. The highest BCUT2D eigenvalue weighted by molar-refractivity contribution is 7.76. The van der Waals surface area contributed by atoms with Gasteiger partial charge in [-0.05, 0) is 13.3 Å². The summed E-state index contributed by atoms with van der Waals surface area (Å²) in [6.45, 7) is 3.87. The van der Waals surface area contributed by atoms with Gasteiger partial charge in [0.15, 0.2) is 0 Å². The predicted octanol–water partition coefficient (Wildman–Crippen LogP) is 2.15.